The minimum Gasteiger partial charge on any atom is -0.494 e. The van der Waals surface area contributed by atoms with Gasteiger partial charge in [0, 0.05) is 15.5 Å². The molecule has 0 saturated carbocycles. The second-order valence-electron chi connectivity index (χ2n) is 6.27. The SMILES string of the molecule is CCOc1ccc(N2C(=N)/C(=C3/NC(c4ccc(Br)cc4)=CS3)CC2=O)cc1. The van der Waals surface area contributed by atoms with Crippen molar-refractivity contribution in [3.8, 4) is 5.75 Å². The van der Waals surface area contributed by atoms with Gasteiger partial charge in [0.1, 0.15) is 11.6 Å². The van der Waals surface area contributed by atoms with E-state index in [2.05, 4.69) is 21.2 Å². The van der Waals surface area contributed by atoms with Crippen LogP contribution in [0.3, 0.4) is 0 Å². The van der Waals surface area contributed by atoms with Crippen molar-refractivity contribution >= 4 is 50.8 Å². The van der Waals surface area contributed by atoms with Gasteiger partial charge in [-0.2, -0.15) is 0 Å². The van der Waals surface area contributed by atoms with E-state index in [1.54, 1.807) is 0 Å². The number of nitrogens with one attached hydrogen (secondary N) is 2. The van der Waals surface area contributed by atoms with E-state index < -0.39 is 0 Å². The summed E-state index contributed by atoms with van der Waals surface area (Å²) in [7, 11) is 0. The molecular weight excluding hydrogens is 438 g/mol. The van der Waals surface area contributed by atoms with Crippen LogP contribution in [-0.2, 0) is 4.79 Å². The second-order valence-corrected chi connectivity index (χ2v) is 8.07. The first-order valence-corrected chi connectivity index (χ1v) is 10.5. The second kappa shape index (κ2) is 7.85. The Balaban J connectivity index is 1.55. The molecule has 0 atom stereocenters. The Morgan fingerprint density at radius 2 is 1.89 bits per heavy atom. The molecule has 1 fully saturated rings. The first-order valence-electron chi connectivity index (χ1n) is 8.84. The lowest BCUT2D eigenvalue weighted by molar-refractivity contribution is -0.116. The minimum atomic E-state index is -0.101. The van der Waals surface area contributed by atoms with Crippen LogP contribution in [0.25, 0.3) is 5.70 Å². The Morgan fingerprint density at radius 3 is 2.57 bits per heavy atom. The highest BCUT2D eigenvalue weighted by Crippen LogP contribution is 2.37. The van der Waals surface area contributed by atoms with Gasteiger partial charge in [-0.05, 0) is 48.9 Å². The van der Waals surface area contributed by atoms with Crippen molar-refractivity contribution in [3.63, 3.8) is 0 Å². The van der Waals surface area contributed by atoms with Crippen molar-refractivity contribution in [2.24, 2.45) is 0 Å². The highest BCUT2D eigenvalue weighted by Gasteiger charge is 2.35. The number of amides is 1. The maximum absolute atomic E-state index is 12.6. The standard InChI is InChI=1S/C21H18BrN3O2S/c1-2-27-16-9-7-15(8-10-16)25-19(26)11-17(20(25)23)21-24-18(12-28-21)13-3-5-14(22)6-4-13/h3-10,12,23-24H,2,11H2,1H3/b21-17-,23-20?. The Bertz CT molecular complexity index is 997. The van der Waals surface area contributed by atoms with Crippen LogP contribution in [0.5, 0.6) is 5.75 Å². The predicted molar refractivity (Wildman–Crippen MR) is 117 cm³/mol. The predicted octanol–water partition coefficient (Wildman–Crippen LogP) is 5.11. The number of rotatable bonds is 4. The average molecular weight is 456 g/mol. The Hall–Kier alpha value is -2.51. The normalized spacial score (nSPS) is 19.1. The number of carbonyl (C=O) groups is 1. The maximum atomic E-state index is 12.6. The van der Waals surface area contributed by atoms with Crippen LogP contribution in [0.4, 0.5) is 5.69 Å². The van der Waals surface area contributed by atoms with Gasteiger partial charge >= 0.3 is 0 Å². The van der Waals surface area contributed by atoms with Crippen molar-refractivity contribution in [3.05, 3.63) is 74.6 Å². The molecule has 4 rings (SSSR count). The molecule has 2 aromatic rings. The minimum absolute atomic E-state index is 0.101. The lowest BCUT2D eigenvalue weighted by Gasteiger charge is -2.16. The van der Waals surface area contributed by atoms with E-state index in [4.69, 9.17) is 10.1 Å². The topological polar surface area (TPSA) is 65.4 Å². The number of amidine groups is 1. The molecule has 0 spiro atoms. The number of thioether (sulfide) groups is 1. The molecule has 0 unspecified atom stereocenters. The third-order valence-electron chi connectivity index (χ3n) is 4.46. The fourth-order valence-corrected chi connectivity index (χ4v) is 4.28. The summed E-state index contributed by atoms with van der Waals surface area (Å²) in [4.78, 5) is 14.1. The smallest absolute Gasteiger partial charge is 0.237 e. The summed E-state index contributed by atoms with van der Waals surface area (Å²) in [5.41, 5.74) is 3.43. The number of hydrogen-bond acceptors (Lipinski definition) is 5. The van der Waals surface area contributed by atoms with Gasteiger partial charge in [-0.15, -0.1) is 0 Å². The van der Waals surface area contributed by atoms with Gasteiger partial charge in [0.2, 0.25) is 5.91 Å². The van der Waals surface area contributed by atoms with Crippen LogP contribution in [0.2, 0.25) is 0 Å². The number of nitrogens with zero attached hydrogens (tertiary/aromatic N) is 1. The number of ether oxygens (including phenoxy) is 1. The Kier molecular flexibility index (Phi) is 5.28. The third-order valence-corrected chi connectivity index (χ3v) is 5.93. The number of hydrogen-bond donors (Lipinski definition) is 2. The van der Waals surface area contributed by atoms with E-state index in [9.17, 15) is 4.79 Å². The van der Waals surface area contributed by atoms with Crippen LogP contribution >= 0.6 is 27.7 Å². The Morgan fingerprint density at radius 1 is 1.18 bits per heavy atom. The number of halogens is 1. The largest absolute Gasteiger partial charge is 0.494 e. The van der Waals surface area contributed by atoms with Gasteiger partial charge in [0.15, 0.2) is 0 Å². The summed E-state index contributed by atoms with van der Waals surface area (Å²) in [5.74, 6) is 0.866. The van der Waals surface area contributed by atoms with Crippen molar-refractivity contribution in [1.29, 1.82) is 5.41 Å². The molecule has 5 nitrogen and oxygen atoms in total. The fraction of sp³-hybridized carbons (Fsp3) is 0.143. The molecule has 2 aliphatic rings. The van der Waals surface area contributed by atoms with Gasteiger partial charge in [-0.1, -0.05) is 39.8 Å². The van der Waals surface area contributed by atoms with Gasteiger partial charge in [-0.25, -0.2) is 0 Å². The van der Waals surface area contributed by atoms with Crippen LogP contribution in [-0.4, -0.2) is 18.3 Å². The first kappa shape index (κ1) is 18.8. The molecule has 1 saturated heterocycles. The van der Waals surface area contributed by atoms with Crippen molar-refractivity contribution in [2.45, 2.75) is 13.3 Å². The molecule has 2 aliphatic heterocycles. The van der Waals surface area contributed by atoms with Crippen molar-refractivity contribution in [1.82, 2.24) is 5.32 Å². The molecule has 0 radical (unpaired) electrons. The number of carbonyl (C=O) groups excluding carboxylic acids is 1. The summed E-state index contributed by atoms with van der Waals surface area (Å²) < 4.78 is 6.47. The summed E-state index contributed by atoms with van der Waals surface area (Å²) in [6, 6.07) is 15.3. The number of anilines is 1. The van der Waals surface area contributed by atoms with Crippen molar-refractivity contribution in [2.75, 3.05) is 11.5 Å². The fourth-order valence-electron chi connectivity index (χ4n) is 3.11. The molecule has 142 valence electrons. The summed E-state index contributed by atoms with van der Waals surface area (Å²) in [6.45, 7) is 2.51. The third kappa shape index (κ3) is 3.59. The zero-order chi connectivity index (χ0) is 19.7. The van der Waals surface area contributed by atoms with Crippen LogP contribution < -0.4 is 15.0 Å². The van der Waals surface area contributed by atoms with Gasteiger partial charge in [-0.3, -0.25) is 15.1 Å². The highest BCUT2D eigenvalue weighted by molar-refractivity contribution is 9.10. The molecule has 0 aromatic heterocycles. The zero-order valence-corrected chi connectivity index (χ0v) is 17.6. The first-order chi connectivity index (χ1) is 13.6. The zero-order valence-electron chi connectivity index (χ0n) is 15.2. The molecule has 1 amide bonds. The average Bonchev–Trinajstić information content (AvgIpc) is 3.28. The molecule has 2 heterocycles. The van der Waals surface area contributed by atoms with Crippen LogP contribution in [0.15, 0.2) is 69.0 Å². The van der Waals surface area contributed by atoms with Crippen molar-refractivity contribution < 1.29 is 9.53 Å². The monoisotopic (exact) mass is 455 g/mol. The van der Waals surface area contributed by atoms with E-state index in [1.165, 1.54) is 16.7 Å². The summed E-state index contributed by atoms with van der Waals surface area (Å²) in [6.07, 6.45) is 0.211. The molecule has 0 bridgehead atoms. The van der Waals surface area contributed by atoms with E-state index in [0.29, 0.717) is 17.9 Å². The molecular formula is C21H18BrN3O2S. The quantitative estimate of drug-likeness (QED) is 0.672. The van der Waals surface area contributed by atoms with E-state index in [0.717, 1.165) is 26.5 Å². The lowest BCUT2D eigenvalue weighted by Crippen LogP contribution is -2.28. The highest BCUT2D eigenvalue weighted by atomic mass is 79.9. The lowest BCUT2D eigenvalue weighted by atomic mass is 10.2. The summed E-state index contributed by atoms with van der Waals surface area (Å²) in [5, 5.41) is 14.8. The van der Waals surface area contributed by atoms with E-state index >= 15 is 0 Å². The van der Waals surface area contributed by atoms with E-state index in [-0.39, 0.29) is 18.2 Å². The summed E-state index contributed by atoms with van der Waals surface area (Å²) >= 11 is 4.96. The van der Waals surface area contributed by atoms with Gasteiger partial charge in [0.05, 0.1) is 29.4 Å². The van der Waals surface area contributed by atoms with E-state index in [1.807, 2.05) is 60.9 Å². The van der Waals surface area contributed by atoms with Crippen LogP contribution in [0, 0.1) is 5.41 Å². The van der Waals surface area contributed by atoms with Gasteiger partial charge in [0.25, 0.3) is 0 Å². The maximum Gasteiger partial charge on any atom is 0.237 e. The van der Waals surface area contributed by atoms with Gasteiger partial charge < -0.3 is 10.1 Å². The molecule has 28 heavy (non-hydrogen) atoms. The molecule has 2 N–H and O–H groups in total. The molecule has 2 aromatic carbocycles. The molecule has 7 heteroatoms. The number of benzene rings is 2. The molecule has 0 aliphatic carbocycles. The van der Waals surface area contributed by atoms with Crippen LogP contribution in [0.1, 0.15) is 18.9 Å². The Labute approximate surface area is 176 Å².